The molecular formula is C35H30N4O5S2. The second-order valence-electron chi connectivity index (χ2n) is 11.1. The standard InChI is InChI=1S/C35H30N4O5S2/c1-45(41,42)29-15-11-27(12-16-29)34(31(9-5-21-38-34)25-7-3-19-36-23-25)33(40)35(28-13-17-30(18-14-28)46(2,43)44)32(10-6-22-39-35)26-8-4-20-37-24-26/h3-24,38-39H,1-2H3. The van der Waals surface area contributed by atoms with E-state index < -0.39 is 30.8 Å². The van der Waals surface area contributed by atoms with Crippen LogP contribution in [0.4, 0.5) is 0 Å². The average Bonchev–Trinajstić information content (AvgIpc) is 3.08. The summed E-state index contributed by atoms with van der Waals surface area (Å²) in [5.41, 5.74) is 0.271. The number of hydrogen-bond donors (Lipinski definition) is 2. The Morgan fingerprint density at radius 3 is 1.33 bits per heavy atom. The molecule has 4 heterocycles. The number of aromatic nitrogens is 2. The van der Waals surface area contributed by atoms with Gasteiger partial charge >= 0.3 is 0 Å². The van der Waals surface area contributed by atoms with E-state index in [1.165, 1.54) is 24.3 Å². The minimum absolute atomic E-state index is 0.109. The second kappa shape index (κ2) is 11.7. The first-order valence-electron chi connectivity index (χ1n) is 14.2. The highest BCUT2D eigenvalue weighted by Crippen LogP contribution is 2.49. The van der Waals surface area contributed by atoms with Crippen LogP contribution in [0.3, 0.4) is 0 Å². The first-order valence-corrected chi connectivity index (χ1v) is 18.0. The molecule has 2 N–H and O–H groups in total. The third kappa shape index (κ3) is 5.27. The maximum Gasteiger partial charge on any atom is 0.201 e. The molecule has 0 amide bonds. The number of hydrogen-bond acceptors (Lipinski definition) is 9. The number of nitrogens with zero attached hydrogens (tertiary/aromatic N) is 2. The van der Waals surface area contributed by atoms with Crippen molar-refractivity contribution in [2.24, 2.45) is 0 Å². The zero-order chi connectivity index (χ0) is 32.6. The molecule has 46 heavy (non-hydrogen) atoms. The number of carbonyl (C=O) groups excluding carboxylic acids is 1. The van der Waals surface area contributed by atoms with Crippen molar-refractivity contribution in [3.63, 3.8) is 0 Å². The van der Waals surface area contributed by atoms with Crippen molar-refractivity contribution in [2.75, 3.05) is 12.5 Å². The van der Waals surface area contributed by atoms with Gasteiger partial charge in [-0.1, -0.05) is 48.6 Å². The number of benzene rings is 2. The molecule has 0 saturated heterocycles. The lowest BCUT2D eigenvalue weighted by Gasteiger charge is -2.47. The summed E-state index contributed by atoms with van der Waals surface area (Å²) in [6.07, 6.45) is 19.5. The summed E-state index contributed by atoms with van der Waals surface area (Å²) in [7, 11) is -7.05. The molecule has 0 fully saturated rings. The van der Waals surface area contributed by atoms with Gasteiger partial charge in [0.25, 0.3) is 0 Å². The lowest BCUT2D eigenvalue weighted by molar-refractivity contribution is -0.127. The van der Waals surface area contributed by atoms with Crippen molar-refractivity contribution in [1.29, 1.82) is 0 Å². The van der Waals surface area contributed by atoms with Crippen molar-refractivity contribution in [2.45, 2.75) is 20.9 Å². The van der Waals surface area contributed by atoms with Crippen LogP contribution in [0.15, 0.2) is 144 Å². The summed E-state index contributed by atoms with van der Waals surface area (Å²) >= 11 is 0. The Kier molecular flexibility index (Phi) is 7.83. The van der Waals surface area contributed by atoms with E-state index in [-0.39, 0.29) is 15.6 Å². The summed E-state index contributed by atoms with van der Waals surface area (Å²) in [5.74, 6) is -0.363. The Morgan fingerprint density at radius 2 is 1.00 bits per heavy atom. The van der Waals surface area contributed by atoms with Crippen molar-refractivity contribution in [3.05, 3.63) is 157 Å². The molecule has 2 atom stereocenters. The van der Waals surface area contributed by atoms with Gasteiger partial charge < -0.3 is 10.6 Å². The number of rotatable bonds is 8. The normalized spacial score (nSPS) is 21.0. The fourth-order valence-electron chi connectivity index (χ4n) is 6.01. The lowest BCUT2D eigenvalue weighted by atomic mass is 9.64. The average molecular weight is 651 g/mol. The number of ketones is 1. The zero-order valence-electron chi connectivity index (χ0n) is 25.0. The van der Waals surface area contributed by atoms with Crippen LogP contribution < -0.4 is 10.6 Å². The predicted molar refractivity (Wildman–Crippen MR) is 176 cm³/mol. The molecule has 4 aromatic rings. The molecule has 2 aliphatic heterocycles. The molecule has 6 rings (SSSR count). The van der Waals surface area contributed by atoms with E-state index in [0.717, 1.165) is 12.5 Å². The minimum Gasteiger partial charge on any atom is -0.371 e. The fourth-order valence-corrected chi connectivity index (χ4v) is 7.27. The van der Waals surface area contributed by atoms with Gasteiger partial charge in [-0.25, -0.2) is 16.8 Å². The van der Waals surface area contributed by atoms with Crippen LogP contribution in [0.1, 0.15) is 22.3 Å². The SMILES string of the molecule is CS(=O)(=O)c1ccc(C2(C(=O)C3(c4ccc(S(C)(=O)=O)cc4)NC=CC=C3c3cccnc3)NC=CC=C2c2cccnc2)cc1. The fraction of sp³-hybridized carbons (Fsp3) is 0.114. The molecule has 0 aliphatic carbocycles. The van der Waals surface area contributed by atoms with Gasteiger partial charge in [0.05, 0.1) is 9.79 Å². The van der Waals surface area contributed by atoms with E-state index in [9.17, 15) is 16.8 Å². The molecule has 2 aliphatic rings. The van der Waals surface area contributed by atoms with Crippen LogP contribution in [0.2, 0.25) is 0 Å². The molecule has 2 unspecified atom stereocenters. The van der Waals surface area contributed by atoms with Crippen LogP contribution in [0.25, 0.3) is 11.1 Å². The highest BCUT2D eigenvalue weighted by atomic mass is 32.2. The number of sulfone groups is 2. The highest BCUT2D eigenvalue weighted by Gasteiger charge is 2.57. The Labute approximate surface area is 268 Å². The van der Waals surface area contributed by atoms with Crippen LogP contribution in [0.5, 0.6) is 0 Å². The summed E-state index contributed by atoms with van der Waals surface area (Å²) < 4.78 is 49.7. The molecule has 232 valence electrons. The van der Waals surface area contributed by atoms with E-state index >= 15 is 4.79 Å². The number of Topliss-reactive ketones (excluding diaryl/α,β-unsaturated/α-hetero) is 1. The molecule has 2 aromatic heterocycles. The minimum atomic E-state index is -3.52. The Balaban J connectivity index is 1.68. The highest BCUT2D eigenvalue weighted by molar-refractivity contribution is 7.91. The number of allylic oxidation sites excluding steroid dienone is 4. The topological polar surface area (TPSA) is 135 Å². The quantitative estimate of drug-likeness (QED) is 0.286. The molecule has 9 nitrogen and oxygen atoms in total. The zero-order valence-corrected chi connectivity index (χ0v) is 26.6. The third-order valence-corrected chi connectivity index (χ3v) is 10.4. The van der Waals surface area contributed by atoms with Gasteiger partial charge in [0, 0.05) is 37.3 Å². The Hall–Kier alpha value is -5.13. The number of nitrogens with one attached hydrogen (secondary N) is 2. The van der Waals surface area contributed by atoms with Crippen molar-refractivity contribution in [3.8, 4) is 0 Å². The molecule has 0 radical (unpaired) electrons. The van der Waals surface area contributed by atoms with Gasteiger partial charge in [-0.15, -0.1) is 0 Å². The van der Waals surface area contributed by atoms with E-state index in [0.29, 0.717) is 33.4 Å². The monoisotopic (exact) mass is 650 g/mol. The molecular weight excluding hydrogens is 621 g/mol. The van der Waals surface area contributed by atoms with E-state index in [1.807, 2.05) is 24.3 Å². The van der Waals surface area contributed by atoms with Crippen LogP contribution >= 0.6 is 0 Å². The smallest absolute Gasteiger partial charge is 0.201 e. The van der Waals surface area contributed by atoms with Crippen molar-refractivity contribution >= 4 is 36.6 Å². The molecule has 0 saturated carbocycles. The Bertz CT molecular complexity index is 1990. The van der Waals surface area contributed by atoms with E-state index in [4.69, 9.17) is 0 Å². The molecule has 0 spiro atoms. The summed E-state index contributed by atoms with van der Waals surface area (Å²) in [4.78, 5) is 24.8. The maximum atomic E-state index is 16.0. The Morgan fingerprint density at radius 1 is 0.609 bits per heavy atom. The molecule has 11 heteroatoms. The van der Waals surface area contributed by atoms with Gasteiger partial charge in [-0.2, -0.15) is 0 Å². The number of carbonyl (C=O) groups is 1. The molecule has 0 bridgehead atoms. The van der Waals surface area contributed by atoms with Gasteiger partial charge in [0.2, 0.25) is 5.78 Å². The third-order valence-electron chi connectivity index (χ3n) is 8.18. The van der Waals surface area contributed by atoms with Gasteiger partial charge in [-0.05, 0) is 94.4 Å². The van der Waals surface area contributed by atoms with Crippen molar-refractivity contribution < 1.29 is 21.6 Å². The molecule has 2 aromatic carbocycles. The summed E-state index contributed by atoms with van der Waals surface area (Å²) in [6, 6.07) is 19.7. The van der Waals surface area contributed by atoms with Crippen molar-refractivity contribution in [1.82, 2.24) is 20.6 Å². The van der Waals surface area contributed by atoms with Crippen LogP contribution in [-0.2, 0) is 35.5 Å². The van der Waals surface area contributed by atoms with E-state index in [2.05, 4.69) is 20.6 Å². The van der Waals surface area contributed by atoms with Crippen LogP contribution in [-0.4, -0.2) is 45.1 Å². The first kappa shape index (κ1) is 30.9. The summed E-state index contributed by atoms with van der Waals surface area (Å²) in [6.45, 7) is 0. The lowest BCUT2D eigenvalue weighted by Crippen LogP contribution is -2.61. The first-order chi connectivity index (χ1) is 22.0. The predicted octanol–water partition coefficient (Wildman–Crippen LogP) is 4.34. The maximum absolute atomic E-state index is 16.0. The number of dihydropyridines is 2. The largest absolute Gasteiger partial charge is 0.371 e. The van der Waals surface area contributed by atoms with Crippen LogP contribution in [0, 0.1) is 0 Å². The van der Waals surface area contributed by atoms with E-state index in [1.54, 1.807) is 85.7 Å². The van der Waals surface area contributed by atoms with Gasteiger partial charge in [-0.3, -0.25) is 14.8 Å². The van der Waals surface area contributed by atoms with Gasteiger partial charge in [0.1, 0.15) is 0 Å². The summed E-state index contributed by atoms with van der Waals surface area (Å²) in [5, 5.41) is 6.75. The number of pyridine rings is 2. The second-order valence-corrected chi connectivity index (χ2v) is 15.1. The van der Waals surface area contributed by atoms with Gasteiger partial charge in [0.15, 0.2) is 30.8 Å².